The molecular weight excluding hydrogens is 354 g/mol. The van der Waals surface area contributed by atoms with Crippen molar-refractivity contribution in [2.24, 2.45) is 7.05 Å². The first-order chi connectivity index (χ1) is 13.6. The summed E-state index contributed by atoms with van der Waals surface area (Å²) in [4.78, 5) is 25.7. The molecule has 3 aromatic rings. The summed E-state index contributed by atoms with van der Waals surface area (Å²) in [6.07, 6.45) is 5.12. The van der Waals surface area contributed by atoms with Crippen molar-refractivity contribution < 1.29 is 9.53 Å². The number of imidazole rings is 1. The molecule has 146 valence electrons. The first-order valence-electron chi connectivity index (χ1n) is 9.50. The number of methoxy groups -OCH3 is 1. The Bertz CT molecular complexity index is 991. The molecule has 0 atom stereocenters. The van der Waals surface area contributed by atoms with Crippen LogP contribution in [0.5, 0.6) is 5.75 Å². The number of aryl methyl sites for hydroxylation is 1. The number of carbonyl (C=O) groups excluding carboxylic acids is 1. The predicted octanol–water partition coefficient (Wildman–Crippen LogP) is 2.72. The first kappa shape index (κ1) is 18.3. The van der Waals surface area contributed by atoms with Crippen LogP contribution >= 0.6 is 0 Å². The summed E-state index contributed by atoms with van der Waals surface area (Å²) in [6.45, 7) is 1.75. The monoisotopic (exact) mass is 379 g/mol. The Hall–Kier alpha value is -3.09. The van der Waals surface area contributed by atoms with Gasteiger partial charge in [0.05, 0.1) is 25.2 Å². The molecule has 0 unspecified atom stereocenters. The molecule has 7 heteroatoms. The SMILES string of the molecule is COc1ccc2nc(N3CCC(N(C)C(=O)c4cncn4C)CC3)ccc2c1. The summed E-state index contributed by atoms with van der Waals surface area (Å²) in [5, 5.41) is 1.07. The van der Waals surface area contributed by atoms with Gasteiger partial charge in [0.25, 0.3) is 5.91 Å². The van der Waals surface area contributed by atoms with Gasteiger partial charge in [-0.3, -0.25) is 4.79 Å². The molecule has 28 heavy (non-hydrogen) atoms. The molecule has 0 saturated carbocycles. The minimum Gasteiger partial charge on any atom is -0.497 e. The van der Waals surface area contributed by atoms with Crippen molar-refractivity contribution in [1.82, 2.24) is 19.4 Å². The van der Waals surface area contributed by atoms with Crippen LogP contribution in [0.1, 0.15) is 23.3 Å². The summed E-state index contributed by atoms with van der Waals surface area (Å²) in [6, 6.07) is 10.3. The van der Waals surface area contributed by atoms with E-state index in [-0.39, 0.29) is 11.9 Å². The van der Waals surface area contributed by atoms with Crippen molar-refractivity contribution in [3.05, 3.63) is 48.5 Å². The van der Waals surface area contributed by atoms with Crippen molar-refractivity contribution >= 4 is 22.6 Å². The summed E-state index contributed by atoms with van der Waals surface area (Å²) >= 11 is 0. The molecule has 0 bridgehead atoms. The van der Waals surface area contributed by atoms with Crippen molar-refractivity contribution in [2.75, 3.05) is 32.1 Å². The fourth-order valence-corrected chi connectivity index (χ4v) is 3.79. The Balaban J connectivity index is 1.43. The molecule has 4 rings (SSSR count). The van der Waals surface area contributed by atoms with Crippen LogP contribution in [0.4, 0.5) is 5.82 Å². The molecule has 0 N–H and O–H groups in total. The average molecular weight is 379 g/mol. The van der Waals surface area contributed by atoms with E-state index in [9.17, 15) is 4.79 Å². The number of aromatic nitrogens is 3. The molecule has 1 fully saturated rings. The maximum absolute atomic E-state index is 12.7. The number of hydrogen-bond acceptors (Lipinski definition) is 5. The van der Waals surface area contributed by atoms with Gasteiger partial charge in [-0.1, -0.05) is 0 Å². The summed E-state index contributed by atoms with van der Waals surface area (Å²) < 4.78 is 7.05. The average Bonchev–Trinajstić information content (AvgIpc) is 3.17. The van der Waals surface area contributed by atoms with Crippen LogP contribution in [-0.4, -0.2) is 58.6 Å². The summed E-state index contributed by atoms with van der Waals surface area (Å²) in [5.74, 6) is 1.84. The van der Waals surface area contributed by atoms with Gasteiger partial charge in [0.15, 0.2) is 0 Å². The van der Waals surface area contributed by atoms with Gasteiger partial charge < -0.3 is 19.1 Å². The molecule has 7 nitrogen and oxygen atoms in total. The number of ether oxygens (including phenoxy) is 1. The maximum Gasteiger partial charge on any atom is 0.272 e. The molecule has 0 aliphatic carbocycles. The number of fused-ring (bicyclic) bond motifs is 1. The number of rotatable bonds is 4. The van der Waals surface area contributed by atoms with Crippen molar-refractivity contribution in [3.63, 3.8) is 0 Å². The topological polar surface area (TPSA) is 63.5 Å². The zero-order chi connectivity index (χ0) is 19.7. The Morgan fingerprint density at radius 3 is 2.68 bits per heavy atom. The fourth-order valence-electron chi connectivity index (χ4n) is 3.79. The zero-order valence-corrected chi connectivity index (χ0v) is 16.5. The van der Waals surface area contributed by atoms with Crippen LogP contribution in [0.2, 0.25) is 0 Å². The van der Waals surface area contributed by atoms with Crippen LogP contribution in [0.25, 0.3) is 10.9 Å². The molecule has 3 heterocycles. The van der Waals surface area contributed by atoms with E-state index < -0.39 is 0 Å². The Labute approximate surface area is 164 Å². The van der Waals surface area contributed by atoms with Gasteiger partial charge in [0.2, 0.25) is 0 Å². The lowest BCUT2D eigenvalue weighted by Gasteiger charge is -2.37. The quantitative estimate of drug-likeness (QED) is 0.697. The van der Waals surface area contributed by atoms with E-state index in [1.165, 1.54) is 0 Å². The lowest BCUT2D eigenvalue weighted by atomic mass is 10.0. The van der Waals surface area contributed by atoms with Gasteiger partial charge in [-0.25, -0.2) is 9.97 Å². The number of nitrogens with zero attached hydrogens (tertiary/aromatic N) is 5. The number of piperidine rings is 1. The third kappa shape index (κ3) is 3.40. The predicted molar refractivity (Wildman–Crippen MR) is 109 cm³/mol. The summed E-state index contributed by atoms with van der Waals surface area (Å²) in [5.41, 5.74) is 1.58. The van der Waals surface area contributed by atoms with E-state index in [1.807, 2.05) is 37.2 Å². The lowest BCUT2D eigenvalue weighted by Crippen LogP contribution is -2.46. The number of hydrogen-bond donors (Lipinski definition) is 0. The minimum absolute atomic E-state index is 0.0243. The van der Waals surface area contributed by atoms with Crippen LogP contribution in [0, 0.1) is 0 Å². The van der Waals surface area contributed by atoms with Gasteiger partial charge >= 0.3 is 0 Å². The molecule has 1 amide bonds. The minimum atomic E-state index is 0.0243. The number of amides is 1. The van der Waals surface area contributed by atoms with Crippen LogP contribution in [0.15, 0.2) is 42.9 Å². The van der Waals surface area contributed by atoms with Gasteiger partial charge in [-0.05, 0) is 43.2 Å². The van der Waals surface area contributed by atoms with Gasteiger partial charge in [-0.2, -0.15) is 0 Å². The summed E-state index contributed by atoms with van der Waals surface area (Å²) in [7, 11) is 5.40. The molecule has 0 radical (unpaired) electrons. The smallest absolute Gasteiger partial charge is 0.272 e. The lowest BCUT2D eigenvalue weighted by molar-refractivity contribution is 0.0699. The third-order valence-electron chi connectivity index (χ3n) is 5.57. The molecule has 1 aromatic carbocycles. The highest BCUT2D eigenvalue weighted by atomic mass is 16.5. The zero-order valence-electron chi connectivity index (χ0n) is 16.5. The van der Waals surface area contributed by atoms with Crippen molar-refractivity contribution in [2.45, 2.75) is 18.9 Å². The second-order valence-corrected chi connectivity index (χ2v) is 7.25. The van der Waals surface area contributed by atoms with E-state index in [4.69, 9.17) is 9.72 Å². The first-order valence-corrected chi connectivity index (χ1v) is 9.50. The molecular formula is C21H25N5O2. The van der Waals surface area contributed by atoms with Crippen molar-refractivity contribution in [3.8, 4) is 5.75 Å². The molecule has 1 aliphatic heterocycles. The van der Waals surface area contributed by atoms with Crippen LogP contribution < -0.4 is 9.64 Å². The Kier molecular flexibility index (Phi) is 4.90. The molecule has 1 saturated heterocycles. The van der Waals surface area contributed by atoms with Crippen molar-refractivity contribution in [1.29, 1.82) is 0 Å². The highest BCUT2D eigenvalue weighted by Gasteiger charge is 2.27. The number of pyridine rings is 1. The van der Waals surface area contributed by atoms with Gasteiger partial charge in [-0.15, -0.1) is 0 Å². The van der Waals surface area contributed by atoms with Gasteiger partial charge in [0.1, 0.15) is 17.3 Å². The molecule has 0 spiro atoms. The van der Waals surface area contributed by atoms with Crippen LogP contribution in [0.3, 0.4) is 0 Å². The largest absolute Gasteiger partial charge is 0.497 e. The second-order valence-electron chi connectivity index (χ2n) is 7.25. The number of anilines is 1. The molecule has 1 aliphatic rings. The van der Waals surface area contributed by atoms with E-state index in [2.05, 4.69) is 22.0 Å². The van der Waals surface area contributed by atoms with E-state index >= 15 is 0 Å². The van der Waals surface area contributed by atoms with E-state index in [0.29, 0.717) is 5.69 Å². The fraction of sp³-hybridized carbons (Fsp3) is 0.381. The van der Waals surface area contributed by atoms with E-state index in [1.54, 1.807) is 24.2 Å². The standard InChI is InChI=1S/C21H25N5O2/c1-24-14-22-13-19(24)21(27)25(2)16-8-10-26(11-9-16)20-7-4-15-12-17(28-3)5-6-18(15)23-20/h4-7,12-14,16H,8-11H2,1-3H3. The second kappa shape index (κ2) is 7.50. The Morgan fingerprint density at radius 1 is 1.21 bits per heavy atom. The van der Waals surface area contributed by atoms with Crippen LogP contribution in [-0.2, 0) is 7.05 Å². The maximum atomic E-state index is 12.7. The third-order valence-corrected chi connectivity index (χ3v) is 5.57. The van der Waals surface area contributed by atoms with Gasteiger partial charge in [0, 0.05) is 38.6 Å². The highest BCUT2D eigenvalue weighted by molar-refractivity contribution is 5.92. The normalized spacial score (nSPS) is 15.0. The highest BCUT2D eigenvalue weighted by Crippen LogP contribution is 2.25. The Morgan fingerprint density at radius 2 is 2.00 bits per heavy atom. The number of benzene rings is 1. The molecule has 2 aromatic heterocycles. The van der Waals surface area contributed by atoms with E-state index in [0.717, 1.165) is 48.4 Å². The number of carbonyl (C=O) groups is 1.